The SMILES string of the molecule is CC(C)(C#N)NC(=O)c1cccc(-c2cnc3[nH]c(-c4cnn(C(F)F)c4)c(Br)c3c2)n1.N#CC1(NC(=O)c2cccc(-c3cnc4[nH]c(-c5cnn(C(F)F)c5)cc4c3)n2)CC1.O=C(NC1CC(O)C1)c1cccc(-c2cnc3[nH]c(-c4cnn(C(F)F)c4)cc3c2)n1.O=C(NC1CS(=O)(=O)C1)c1cccc(-c2cnc3[nH]c(-c4cnn(C(F)F)c4)cc3c2)n1. The van der Waals surface area contributed by atoms with Crippen molar-refractivity contribution in [3.05, 3.63) is 217 Å². The van der Waals surface area contributed by atoms with Gasteiger partial charge in [0, 0.05) is 122 Å². The van der Waals surface area contributed by atoms with Gasteiger partial charge in [0.15, 0.2) is 9.84 Å². The number of hydrogen-bond donors (Lipinski definition) is 9. The van der Waals surface area contributed by atoms with Gasteiger partial charge in [0.25, 0.3) is 23.6 Å². The van der Waals surface area contributed by atoms with Crippen LogP contribution in [0.5, 0.6) is 0 Å². The molecule has 16 aromatic rings. The van der Waals surface area contributed by atoms with Crippen LogP contribution < -0.4 is 21.3 Å². The van der Waals surface area contributed by atoms with Gasteiger partial charge in [-0.2, -0.15) is 66.0 Å². The third kappa shape index (κ3) is 18.8. The lowest BCUT2D eigenvalue weighted by Crippen LogP contribution is -2.53. The van der Waals surface area contributed by atoms with Crippen molar-refractivity contribution in [2.75, 3.05) is 11.5 Å². The summed E-state index contributed by atoms with van der Waals surface area (Å²) in [6, 6.07) is 36.6. The first-order valence-electron chi connectivity index (χ1n) is 38.2. The molecule has 0 aromatic carbocycles. The molecule has 19 rings (SSSR count). The van der Waals surface area contributed by atoms with Crippen molar-refractivity contribution in [2.45, 2.75) is 95.0 Å². The molecule has 16 aromatic heterocycles. The van der Waals surface area contributed by atoms with E-state index in [1.165, 1.54) is 49.6 Å². The lowest BCUT2D eigenvalue weighted by atomic mass is 9.89. The zero-order chi connectivity index (χ0) is 88.6. The molecule has 3 aliphatic rings. The van der Waals surface area contributed by atoms with E-state index in [-0.39, 0.29) is 52.3 Å². The Labute approximate surface area is 713 Å². The largest absolute Gasteiger partial charge is 0.393 e. The molecule has 3 fully saturated rings. The Bertz CT molecular complexity index is 7080. The first kappa shape index (κ1) is 84.5. The number of sulfone groups is 1. The summed E-state index contributed by atoms with van der Waals surface area (Å²) in [5.74, 6) is -1.71. The molecular weight excluding hydrogens is 1740 g/mol. The zero-order valence-electron chi connectivity index (χ0n) is 65.4. The molecule has 1 saturated heterocycles. The Morgan fingerprint density at radius 1 is 0.484 bits per heavy atom. The number of halogens is 9. The van der Waals surface area contributed by atoms with Gasteiger partial charge < -0.3 is 46.3 Å². The number of carbonyl (C=O) groups is 4. The van der Waals surface area contributed by atoms with E-state index in [0.29, 0.717) is 161 Å². The van der Waals surface area contributed by atoms with Crippen LogP contribution in [0.1, 0.15) is 108 Å². The number of amides is 4. The predicted molar refractivity (Wildman–Crippen MR) is 444 cm³/mol. The van der Waals surface area contributed by atoms with Crippen LogP contribution in [0.25, 0.3) is 134 Å². The predicted octanol–water partition coefficient (Wildman–Crippen LogP) is 13.9. The number of alkyl halides is 8. The van der Waals surface area contributed by atoms with Gasteiger partial charge in [0.05, 0.1) is 111 Å². The van der Waals surface area contributed by atoms with Crippen LogP contribution in [-0.4, -0.2) is 177 Å². The van der Waals surface area contributed by atoms with Gasteiger partial charge in [-0.05, 0) is 146 Å². The molecule has 638 valence electrons. The Kier molecular flexibility index (Phi) is 23.2. The third-order valence-corrected chi connectivity index (χ3v) is 22.9. The van der Waals surface area contributed by atoms with E-state index in [0.717, 1.165) is 21.7 Å². The molecule has 4 amide bonds. The van der Waals surface area contributed by atoms with Crippen LogP contribution in [-0.2, 0) is 9.84 Å². The summed E-state index contributed by atoms with van der Waals surface area (Å²) < 4.78 is 128. The van der Waals surface area contributed by atoms with E-state index in [4.69, 9.17) is 10.5 Å². The lowest BCUT2D eigenvalue weighted by molar-refractivity contribution is 0.0554. The second-order valence-corrected chi connectivity index (χ2v) is 32.9. The Balaban J connectivity index is 0.000000124. The molecular formula is C83H65BrF8N26O7S. The van der Waals surface area contributed by atoms with Gasteiger partial charge in [0.1, 0.15) is 56.4 Å². The van der Waals surface area contributed by atoms with Crippen LogP contribution in [0, 0.1) is 22.7 Å². The number of nitrogens with one attached hydrogen (secondary N) is 8. The fourth-order valence-electron chi connectivity index (χ4n) is 13.4. The first-order chi connectivity index (χ1) is 60.4. The van der Waals surface area contributed by atoms with Crippen molar-refractivity contribution >= 4 is 93.5 Å². The van der Waals surface area contributed by atoms with E-state index in [1.807, 2.05) is 30.3 Å². The topological polar surface area (TPSA) is 456 Å². The smallest absolute Gasteiger partial charge is 0.333 e. The summed E-state index contributed by atoms with van der Waals surface area (Å²) in [6.45, 7) is -7.67. The minimum Gasteiger partial charge on any atom is -0.393 e. The number of rotatable bonds is 20. The molecule has 33 nitrogen and oxygen atoms in total. The summed E-state index contributed by atoms with van der Waals surface area (Å²) in [5, 5.41) is 56.1. The molecule has 0 unspecified atom stereocenters. The van der Waals surface area contributed by atoms with E-state index in [9.17, 15) is 67.8 Å². The Morgan fingerprint density at radius 3 is 1.20 bits per heavy atom. The van der Waals surface area contributed by atoms with E-state index in [2.05, 4.69) is 123 Å². The van der Waals surface area contributed by atoms with Gasteiger partial charge >= 0.3 is 26.2 Å². The number of carbonyl (C=O) groups excluding carboxylic acids is 4. The number of hydrogen-bond acceptors (Lipinski definition) is 21. The fourth-order valence-corrected chi connectivity index (χ4v) is 15.4. The summed E-state index contributed by atoms with van der Waals surface area (Å²) in [4.78, 5) is 97.3. The van der Waals surface area contributed by atoms with Crippen LogP contribution in [0.2, 0.25) is 0 Å². The van der Waals surface area contributed by atoms with Gasteiger partial charge in [-0.25, -0.2) is 67.0 Å². The van der Waals surface area contributed by atoms with Crippen molar-refractivity contribution in [2.24, 2.45) is 0 Å². The van der Waals surface area contributed by atoms with Crippen LogP contribution in [0.15, 0.2) is 194 Å². The number of aliphatic hydroxyl groups is 1. The number of aromatic nitrogens is 20. The highest BCUT2D eigenvalue weighted by Gasteiger charge is 2.45. The number of fused-ring (bicyclic) bond motifs is 4. The van der Waals surface area contributed by atoms with Gasteiger partial charge in [-0.15, -0.1) is 0 Å². The van der Waals surface area contributed by atoms with Crippen molar-refractivity contribution < 1.29 is 67.8 Å². The average Bonchev–Trinajstić information content (AvgIpc) is 1.66. The molecule has 126 heavy (non-hydrogen) atoms. The minimum atomic E-state index is -3.04. The summed E-state index contributed by atoms with van der Waals surface area (Å²) in [6.07, 6.45) is 18.9. The van der Waals surface area contributed by atoms with Gasteiger partial charge in [-0.1, -0.05) is 24.3 Å². The quantitative estimate of drug-likeness (QED) is 0.0320. The minimum absolute atomic E-state index is 0.0290. The van der Waals surface area contributed by atoms with Crippen LogP contribution in [0.3, 0.4) is 0 Å². The van der Waals surface area contributed by atoms with Crippen molar-refractivity contribution in [1.29, 1.82) is 10.5 Å². The number of aliphatic hydroxyl groups excluding tert-OH is 1. The Hall–Kier alpha value is -15.1. The van der Waals surface area contributed by atoms with Gasteiger partial charge in [-0.3, -0.25) is 19.2 Å². The third-order valence-electron chi connectivity index (χ3n) is 20.3. The summed E-state index contributed by atoms with van der Waals surface area (Å²) >= 11 is 3.51. The molecule has 0 radical (unpaired) electrons. The van der Waals surface area contributed by atoms with Crippen molar-refractivity contribution in [3.8, 4) is 102 Å². The van der Waals surface area contributed by atoms with Crippen LogP contribution >= 0.6 is 15.9 Å². The number of pyridine rings is 8. The number of H-pyrrole nitrogens is 4. The molecule has 43 heteroatoms. The number of nitrogens with zero attached hydrogens (tertiary/aromatic N) is 18. The molecule has 2 saturated carbocycles. The molecule has 1 aliphatic heterocycles. The first-order valence-corrected chi connectivity index (χ1v) is 40.8. The molecule has 0 atom stereocenters. The second-order valence-electron chi connectivity index (χ2n) is 29.9. The van der Waals surface area contributed by atoms with Crippen molar-refractivity contribution in [1.82, 2.24) is 120 Å². The average molecular weight is 1800 g/mol. The Morgan fingerprint density at radius 2 is 0.841 bits per heavy atom. The number of nitriles is 2. The molecule has 0 bridgehead atoms. The maximum Gasteiger partial charge on any atom is 0.333 e. The highest BCUT2D eigenvalue weighted by Crippen LogP contribution is 2.39. The summed E-state index contributed by atoms with van der Waals surface area (Å²) in [5.41, 5.74) is 10.6. The van der Waals surface area contributed by atoms with E-state index < -0.39 is 70.9 Å². The molecule has 2 aliphatic carbocycles. The monoisotopic (exact) mass is 1800 g/mol. The lowest BCUT2D eigenvalue weighted by Gasteiger charge is -2.31. The molecule has 17 heterocycles. The van der Waals surface area contributed by atoms with E-state index in [1.54, 1.807) is 130 Å². The highest BCUT2D eigenvalue weighted by atomic mass is 79.9. The fraction of sp³-hybridized carbons (Fsp3) is 0.205. The maximum absolute atomic E-state index is 12.9. The summed E-state index contributed by atoms with van der Waals surface area (Å²) in [7, 11) is -3.04. The zero-order valence-corrected chi connectivity index (χ0v) is 67.8. The number of aromatic amines is 4. The second kappa shape index (κ2) is 34.7. The van der Waals surface area contributed by atoms with Crippen LogP contribution in [0.4, 0.5) is 35.1 Å². The maximum atomic E-state index is 12.9. The van der Waals surface area contributed by atoms with Crippen molar-refractivity contribution in [3.63, 3.8) is 0 Å². The molecule has 9 N–H and O–H groups in total. The normalized spacial score (nSPS) is 15.0. The van der Waals surface area contributed by atoms with Gasteiger partial charge in [0.2, 0.25) is 0 Å². The molecule has 0 spiro atoms. The standard InChI is InChI=1S/C21H16BrF2N7O.C21H15F2N7O.C21H18F2N6O2.C20H16F2N6O3S/c1-21(2,10-25)30-19(32)15-5-3-4-14(28-15)11-6-13-16(22)17(29-18(13)26-7-11)12-8-27-31(9-12)20(23)24;22-20(23)30-10-14(9-26-30)17-7-12-6-13(8-25-18(12)28-17)15-2-1-3-16(27-15)19(31)29-21(11-24)4-5-21;22-21(23)29-10-13(9-25-29)18-5-11-4-12(8-24-19(11)28-18)16-2-1-3-17(27-16)20(31)26-14-6-15(30)7-14;21-20(22)28-8-13(7-24-28)17-5-11-4-12(6-23-18(11)27-17)15-2-1-3-16(26-15)19(29)25-14-9-32(30,31)10-14/h3-9,20H,1-2H3,(H,26,29)(H,30,32);1-3,6-10,20H,4-5H2,(H,25,28)(H,29,31);1-5,8-10,14-15,21,30H,6-7H2,(H,24,28)(H,26,31);1-8,14,20H,9-10H2,(H,23,27)(H,25,29). The highest BCUT2D eigenvalue weighted by molar-refractivity contribution is 9.10. The van der Waals surface area contributed by atoms with E-state index >= 15 is 0 Å².